The quantitative estimate of drug-likeness (QED) is 0.481. The predicted molar refractivity (Wildman–Crippen MR) is 129 cm³/mol. The molecular weight excluding hydrogens is 422 g/mol. The molecule has 0 aliphatic heterocycles. The summed E-state index contributed by atoms with van der Waals surface area (Å²) in [5.41, 5.74) is 2.56. The maximum absolute atomic E-state index is 12.7. The molecule has 1 amide bonds. The average molecular weight is 452 g/mol. The highest BCUT2D eigenvalue weighted by Crippen LogP contribution is 2.20. The van der Waals surface area contributed by atoms with Crippen LogP contribution in [0.3, 0.4) is 0 Å². The molecule has 168 valence electrons. The van der Waals surface area contributed by atoms with Crippen molar-refractivity contribution in [1.82, 2.24) is 4.90 Å². The first-order chi connectivity index (χ1) is 15.3. The van der Waals surface area contributed by atoms with E-state index in [4.69, 9.17) is 0 Å². The SMILES string of the molecule is CCN(Cc1ccc(C(=O)Nc2cccc(NS(=O)(=O)c3ccccc3)c2)cc1)C(C)C. The zero-order valence-corrected chi connectivity index (χ0v) is 19.4. The van der Waals surface area contributed by atoms with Crippen LogP contribution in [0, 0.1) is 0 Å². The van der Waals surface area contributed by atoms with E-state index in [-0.39, 0.29) is 10.8 Å². The summed E-state index contributed by atoms with van der Waals surface area (Å²) >= 11 is 0. The lowest BCUT2D eigenvalue weighted by Crippen LogP contribution is -2.29. The highest BCUT2D eigenvalue weighted by atomic mass is 32.2. The summed E-state index contributed by atoms with van der Waals surface area (Å²) in [6, 6.07) is 22.8. The van der Waals surface area contributed by atoms with E-state index in [0.717, 1.165) is 18.7 Å². The van der Waals surface area contributed by atoms with Gasteiger partial charge in [0.25, 0.3) is 15.9 Å². The van der Waals surface area contributed by atoms with Crippen LogP contribution < -0.4 is 10.0 Å². The molecule has 0 radical (unpaired) electrons. The van der Waals surface area contributed by atoms with Crippen LogP contribution in [0.1, 0.15) is 36.7 Å². The van der Waals surface area contributed by atoms with Crippen molar-refractivity contribution in [2.24, 2.45) is 0 Å². The third-order valence-electron chi connectivity index (χ3n) is 5.16. The average Bonchev–Trinajstić information content (AvgIpc) is 2.78. The standard InChI is InChI=1S/C25H29N3O3S/c1-4-28(19(2)3)18-20-13-15-21(16-14-20)25(29)26-22-9-8-10-23(17-22)27-32(30,31)24-11-6-5-7-12-24/h5-17,19,27H,4,18H2,1-3H3,(H,26,29). The first-order valence-corrected chi connectivity index (χ1v) is 12.1. The lowest BCUT2D eigenvalue weighted by molar-refractivity contribution is 0.102. The van der Waals surface area contributed by atoms with Crippen LogP contribution in [0.15, 0.2) is 83.8 Å². The molecule has 0 atom stereocenters. The van der Waals surface area contributed by atoms with Crippen LogP contribution in [-0.4, -0.2) is 31.8 Å². The molecule has 7 heteroatoms. The van der Waals surface area contributed by atoms with E-state index in [1.165, 1.54) is 12.1 Å². The zero-order chi connectivity index (χ0) is 23.1. The molecule has 3 aromatic carbocycles. The molecule has 0 aromatic heterocycles. The van der Waals surface area contributed by atoms with Gasteiger partial charge in [0.1, 0.15) is 0 Å². The number of sulfonamides is 1. The van der Waals surface area contributed by atoms with Gasteiger partial charge in [-0.05, 0) is 68.4 Å². The number of carbonyl (C=O) groups excluding carboxylic acids is 1. The van der Waals surface area contributed by atoms with Gasteiger partial charge in [0.05, 0.1) is 10.6 Å². The van der Waals surface area contributed by atoms with Gasteiger partial charge in [0.2, 0.25) is 0 Å². The molecule has 32 heavy (non-hydrogen) atoms. The van der Waals surface area contributed by atoms with Gasteiger partial charge >= 0.3 is 0 Å². The van der Waals surface area contributed by atoms with Crippen molar-refractivity contribution in [3.63, 3.8) is 0 Å². The highest BCUT2D eigenvalue weighted by Gasteiger charge is 2.14. The summed E-state index contributed by atoms with van der Waals surface area (Å²) < 4.78 is 27.6. The number of carbonyl (C=O) groups is 1. The highest BCUT2D eigenvalue weighted by molar-refractivity contribution is 7.92. The molecule has 0 aliphatic carbocycles. The number of benzene rings is 3. The second-order valence-corrected chi connectivity index (χ2v) is 9.49. The smallest absolute Gasteiger partial charge is 0.261 e. The van der Waals surface area contributed by atoms with Crippen LogP contribution >= 0.6 is 0 Å². The fourth-order valence-electron chi connectivity index (χ4n) is 3.33. The van der Waals surface area contributed by atoms with E-state index in [9.17, 15) is 13.2 Å². The second-order valence-electron chi connectivity index (χ2n) is 7.81. The maximum atomic E-state index is 12.7. The Morgan fingerprint density at radius 1 is 0.906 bits per heavy atom. The number of hydrogen-bond acceptors (Lipinski definition) is 4. The summed E-state index contributed by atoms with van der Waals surface area (Å²) in [6.07, 6.45) is 0. The summed E-state index contributed by atoms with van der Waals surface area (Å²) in [5, 5.41) is 2.83. The number of amides is 1. The number of hydrogen-bond donors (Lipinski definition) is 2. The Hall–Kier alpha value is -3.16. The Morgan fingerprint density at radius 2 is 1.56 bits per heavy atom. The van der Waals surface area contributed by atoms with Crippen LogP contribution in [0.4, 0.5) is 11.4 Å². The zero-order valence-electron chi connectivity index (χ0n) is 18.6. The third kappa shape index (κ3) is 6.18. The van der Waals surface area contributed by atoms with Crippen molar-refractivity contribution >= 4 is 27.3 Å². The third-order valence-corrected chi connectivity index (χ3v) is 6.56. The molecule has 0 heterocycles. The van der Waals surface area contributed by atoms with Gasteiger partial charge in [0, 0.05) is 23.8 Å². The molecule has 3 rings (SSSR count). The Kier molecular flexibility index (Phi) is 7.66. The van der Waals surface area contributed by atoms with Gasteiger partial charge in [0.15, 0.2) is 0 Å². The minimum Gasteiger partial charge on any atom is -0.322 e. The maximum Gasteiger partial charge on any atom is 0.261 e. The Labute approximate surface area is 190 Å². The van der Waals surface area contributed by atoms with Crippen molar-refractivity contribution < 1.29 is 13.2 Å². The van der Waals surface area contributed by atoms with Crippen molar-refractivity contribution in [3.05, 3.63) is 90.0 Å². The Balaban J connectivity index is 1.67. The second kappa shape index (κ2) is 10.4. The van der Waals surface area contributed by atoms with E-state index in [0.29, 0.717) is 23.0 Å². The van der Waals surface area contributed by atoms with E-state index < -0.39 is 10.0 Å². The van der Waals surface area contributed by atoms with Crippen molar-refractivity contribution in [1.29, 1.82) is 0 Å². The molecule has 0 aliphatic rings. The predicted octanol–water partition coefficient (Wildman–Crippen LogP) is 4.97. The lowest BCUT2D eigenvalue weighted by atomic mass is 10.1. The van der Waals surface area contributed by atoms with E-state index in [2.05, 4.69) is 35.7 Å². The molecule has 0 bridgehead atoms. The molecule has 0 saturated carbocycles. The molecule has 0 unspecified atom stereocenters. The van der Waals surface area contributed by atoms with Gasteiger partial charge < -0.3 is 5.32 Å². The summed E-state index contributed by atoms with van der Waals surface area (Å²) in [7, 11) is -3.70. The number of anilines is 2. The number of nitrogens with one attached hydrogen (secondary N) is 2. The Morgan fingerprint density at radius 3 is 2.19 bits per heavy atom. The van der Waals surface area contributed by atoms with E-state index >= 15 is 0 Å². The molecule has 0 spiro atoms. The van der Waals surface area contributed by atoms with Gasteiger partial charge in [-0.15, -0.1) is 0 Å². The monoisotopic (exact) mass is 451 g/mol. The van der Waals surface area contributed by atoms with Crippen molar-refractivity contribution in [2.75, 3.05) is 16.6 Å². The molecular formula is C25H29N3O3S. The normalized spacial score (nSPS) is 11.5. The summed E-state index contributed by atoms with van der Waals surface area (Å²) in [6.45, 7) is 8.26. The van der Waals surface area contributed by atoms with E-state index in [1.807, 2.05) is 12.1 Å². The lowest BCUT2D eigenvalue weighted by Gasteiger charge is -2.24. The largest absolute Gasteiger partial charge is 0.322 e. The fourth-order valence-corrected chi connectivity index (χ4v) is 4.40. The Bertz CT molecular complexity index is 1140. The molecule has 0 fully saturated rings. The number of nitrogens with zero attached hydrogens (tertiary/aromatic N) is 1. The molecule has 6 nitrogen and oxygen atoms in total. The van der Waals surface area contributed by atoms with Crippen molar-refractivity contribution in [3.8, 4) is 0 Å². The minimum atomic E-state index is -3.70. The van der Waals surface area contributed by atoms with Crippen LogP contribution in [0.25, 0.3) is 0 Å². The number of rotatable bonds is 9. The summed E-state index contributed by atoms with van der Waals surface area (Å²) in [4.78, 5) is 15.2. The van der Waals surface area contributed by atoms with Gasteiger partial charge in [-0.2, -0.15) is 0 Å². The molecule has 3 aromatic rings. The fraction of sp³-hybridized carbons (Fsp3) is 0.240. The van der Waals surface area contributed by atoms with Crippen LogP contribution in [0.2, 0.25) is 0 Å². The van der Waals surface area contributed by atoms with Gasteiger partial charge in [-0.1, -0.05) is 43.3 Å². The van der Waals surface area contributed by atoms with Crippen LogP contribution in [0.5, 0.6) is 0 Å². The van der Waals surface area contributed by atoms with Gasteiger partial charge in [-0.3, -0.25) is 14.4 Å². The van der Waals surface area contributed by atoms with Crippen molar-refractivity contribution in [2.45, 2.75) is 38.3 Å². The first kappa shape index (κ1) is 23.5. The van der Waals surface area contributed by atoms with Crippen LogP contribution in [-0.2, 0) is 16.6 Å². The molecule has 2 N–H and O–H groups in total. The van der Waals surface area contributed by atoms with E-state index in [1.54, 1.807) is 54.6 Å². The first-order valence-electron chi connectivity index (χ1n) is 10.6. The minimum absolute atomic E-state index is 0.175. The summed E-state index contributed by atoms with van der Waals surface area (Å²) in [5.74, 6) is -0.254. The van der Waals surface area contributed by atoms with Gasteiger partial charge in [-0.25, -0.2) is 8.42 Å². The molecule has 0 saturated heterocycles. The topological polar surface area (TPSA) is 78.5 Å².